The minimum Gasteiger partial charge on any atom is -0.341 e. The number of halogens is 1. The number of nitrogens with zero attached hydrogens (tertiary/aromatic N) is 3. The average Bonchev–Trinajstić information content (AvgIpc) is 3.25. The third-order valence-corrected chi connectivity index (χ3v) is 6.42. The van der Waals surface area contributed by atoms with Gasteiger partial charge in [0.15, 0.2) is 0 Å². The van der Waals surface area contributed by atoms with Crippen LogP contribution in [0.15, 0.2) is 35.4 Å². The Morgan fingerprint density at radius 1 is 1.31 bits per heavy atom. The van der Waals surface area contributed by atoms with E-state index in [4.69, 9.17) is 0 Å². The predicted molar refractivity (Wildman–Crippen MR) is 113 cm³/mol. The van der Waals surface area contributed by atoms with Crippen LogP contribution in [0.2, 0.25) is 0 Å². The van der Waals surface area contributed by atoms with Crippen LogP contribution in [0.3, 0.4) is 0 Å². The van der Waals surface area contributed by atoms with E-state index in [1.807, 2.05) is 30.0 Å². The molecule has 0 aliphatic carbocycles. The Morgan fingerprint density at radius 2 is 2.08 bits per heavy atom. The Balaban J connectivity index is 1.80. The summed E-state index contributed by atoms with van der Waals surface area (Å²) >= 11 is 3.80. The fraction of sp³-hybridized carbons (Fsp3) is 0.316. The number of rotatable bonds is 3. The second-order valence-corrected chi connectivity index (χ2v) is 8.94. The van der Waals surface area contributed by atoms with E-state index < -0.39 is 0 Å². The molecule has 3 heterocycles. The summed E-state index contributed by atoms with van der Waals surface area (Å²) in [4.78, 5) is 33.7. The Morgan fingerprint density at radius 3 is 2.81 bits per heavy atom. The molecule has 1 aliphatic heterocycles. The number of amides is 1. The van der Waals surface area contributed by atoms with Crippen molar-refractivity contribution in [3.8, 4) is 11.1 Å². The number of likely N-dealkylation sites (tertiary alicyclic amines) is 1. The highest BCUT2D eigenvalue weighted by Gasteiger charge is 2.21. The summed E-state index contributed by atoms with van der Waals surface area (Å²) in [5.74, 6) is -0.00601. The van der Waals surface area contributed by atoms with Crippen LogP contribution in [0.4, 0.5) is 0 Å². The van der Waals surface area contributed by atoms with Gasteiger partial charge in [-0.15, -0.1) is 11.3 Å². The zero-order chi connectivity index (χ0) is 18.3. The van der Waals surface area contributed by atoms with Gasteiger partial charge in [0, 0.05) is 27.1 Å². The van der Waals surface area contributed by atoms with Crippen molar-refractivity contribution in [3.63, 3.8) is 0 Å². The van der Waals surface area contributed by atoms with Gasteiger partial charge >= 0.3 is 0 Å². The number of hydrogen-bond acceptors (Lipinski definition) is 4. The monoisotopic (exact) mass is 479 g/mol. The van der Waals surface area contributed by atoms with Gasteiger partial charge in [-0.3, -0.25) is 14.2 Å². The average molecular weight is 479 g/mol. The van der Waals surface area contributed by atoms with Gasteiger partial charge in [0.05, 0.1) is 11.7 Å². The molecule has 0 unspecified atom stereocenters. The van der Waals surface area contributed by atoms with Crippen LogP contribution in [0, 0.1) is 10.5 Å². The minimum absolute atomic E-state index is 0.00601. The standard InChI is InChI=1S/C19H18IN3O2S/c1-12-16(13-5-4-6-14(20)9-13)17-18(26-12)21-11-23(19(17)25)10-15(24)22-7-2-3-8-22/h4-6,9,11H,2-3,7-8,10H2,1H3. The van der Waals surface area contributed by atoms with Gasteiger partial charge in [-0.25, -0.2) is 4.98 Å². The first-order valence-corrected chi connectivity index (χ1v) is 10.5. The van der Waals surface area contributed by atoms with Crippen molar-refractivity contribution in [3.05, 3.63) is 49.4 Å². The van der Waals surface area contributed by atoms with E-state index in [1.54, 1.807) is 0 Å². The number of benzene rings is 1. The van der Waals surface area contributed by atoms with Gasteiger partial charge in [-0.1, -0.05) is 12.1 Å². The molecule has 1 amide bonds. The highest BCUT2D eigenvalue weighted by molar-refractivity contribution is 14.1. The predicted octanol–water partition coefficient (Wildman–Crippen LogP) is 3.66. The summed E-state index contributed by atoms with van der Waals surface area (Å²) in [5, 5.41) is 0.617. The van der Waals surface area contributed by atoms with Gasteiger partial charge in [-0.2, -0.15) is 0 Å². The van der Waals surface area contributed by atoms with E-state index >= 15 is 0 Å². The number of fused-ring (bicyclic) bond motifs is 1. The van der Waals surface area contributed by atoms with Gasteiger partial charge < -0.3 is 4.90 Å². The van der Waals surface area contributed by atoms with Crippen LogP contribution in [-0.4, -0.2) is 33.4 Å². The third-order valence-electron chi connectivity index (χ3n) is 4.73. The molecule has 5 nitrogen and oxygen atoms in total. The molecule has 1 aliphatic rings. The van der Waals surface area contributed by atoms with Crippen molar-refractivity contribution in [2.24, 2.45) is 0 Å². The number of thiophene rings is 1. The van der Waals surface area contributed by atoms with Crippen LogP contribution in [0.25, 0.3) is 21.3 Å². The second kappa shape index (κ2) is 7.11. The van der Waals surface area contributed by atoms with Gasteiger partial charge in [0.25, 0.3) is 5.56 Å². The summed E-state index contributed by atoms with van der Waals surface area (Å²) in [5.41, 5.74) is 1.81. The molecular weight excluding hydrogens is 461 g/mol. The van der Waals surface area contributed by atoms with Crippen molar-refractivity contribution >= 4 is 50.1 Å². The van der Waals surface area contributed by atoms with Gasteiger partial charge in [-0.05, 0) is 60.1 Å². The maximum atomic E-state index is 13.1. The minimum atomic E-state index is -0.138. The number of carbonyl (C=O) groups is 1. The van der Waals surface area contributed by atoms with Crippen molar-refractivity contribution in [2.75, 3.05) is 13.1 Å². The second-order valence-electron chi connectivity index (χ2n) is 6.49. The van der Waals surface area contributed by atoms with Crippen LogP contribution >= 0.6 is 33.9 Å². The zero-order valence-corrected chi connectivity index (χ0v) is 17.3. The Labute approximate surface area is 168 Å². The molecule has 7 heteroatoms. The molecule has 0 bridgehead atoms. The molecule has 134 valence electrons. The molecule has 2 aromatic heterocycles. The summed E-state index contributed by atoms with van der Waals surface area (Å²) < 4.78 is 2.57. The molecular formula is C19H18IN3O2S. The smallest absolute Gasteiger partial charge is 0.263 e. The summed E-state index contributed by atoms with van der Waals surface area (Å²) in [7, 11) is 0. The van der Waals surface area contributed by atoms with Crippen LogP contribution in [0.5, 0.6) is 0 Å². The zero-order valence-electron chi connectivity index (χ0n) is 14.4. The lowest BCUT2D eigenvalue weighted by Gasteiger charge is -2.15. The van der Waals surface area contributed by atoms with E-state index in [9.17, 15) is 9.59 Å². The van der Waals surface area contributed by atoms with Crippen molar-refractivity contribution in [2.45, 2.75) is 26.3 Å². The third kappa shape index (κ3) is 3.18. The van der Waals surface area contributed by atoms with Gasteiger partial charge in [0.2, 0.25) is 5.91 Å². The number of hydrogen-bond donors (Lipinski definition) is 0. The quantitative estimate of drug-likeness (QED) is 0.539. The molecule has 0 saturated carbocycles. The molecule has 0 atom stereocenters. The fourth-order valence-corrected chi connectivity index (χ4v) is 5.00. The maximum Gasteiger partial charge on any atom is 0.263 e. The van der Waals surface area contributed by atoms with Crippen molar-refractivity contribution in [1.82, 2.24) is 14.5 Å². The molecule has 4 rings (SSSR count). The van der Waals surface area contributed by atoms with Crippen molar-refractivity contribution < 1.29 is 4.79 Å². The first kappa shape index (κ1) is 17.7. The Hall–Kier alpha value is -1.74. The van der Waals surface area contributed by atoms with Crippen molar-refractivity contribution in [1.29, 1.82) is 0 Å². The lowest BCUT2D eigenvalue weighted by molar-refractivity contribution is -0.130. The SMILES string of the molecule is Cc1sc2ncn(CC(=O)N3CCCC3)c(=O)c2c1-c1cccc(I)c1. The first-order chi connectivity index (χ1) is 12.5. The molecule has 1 saturated heterocycles. The van der Waals surface area contributed by atoms with E-state index in [2.05, 4.69) is 33.6 Å². The van der Waals surface area contributed by atoms with E-state index in [0.29, 0.717) is 5.39 Å². The molecule has 0 N–H and O–H groups in total. The molecule has 1 aromatic carbocycles. The highest BCUT2D eigenvalue weighted by Crippen LogP contribution is 2.35. The molecule has 1 fully saturated rings. The summed E-state index contributed by atoms with van der Waals surface area (Å²) in [6, 6.07) is 8.11. The number of carbonyl (C=O) groups excluding carboxylic acids is 1. The summed E-state index contributed by atoms with van der Waals surface area (Å²) in [6.07, 6.45) is 3.59. The van der Waals surface area contributed by atoms with Gasteiger partial charge in [0.1, 0.15) is 11.4 Å². The number of aromatic nitrogens is 2. The lowest BCUT2D eigenvalue weighted by atomic mass is 10.0. The first-order valence-electron chi connectivity index (χ1n) is 8.57. The molecule has 3 aromatic rings. The largest absolute Gasteiger partial charge is 0.341 e. The maximum absolute atomic E-state index is 13.1. The van der Waals surface area contributed by atoms with Crippen LogP contribution in [0.1, 0.15) is 17.7 Å². The summed E-state index contributed by atoms with van der Waals surface area (Å²) in [6.45, 7) is 3.65. The van der Waals surface area contributed by atoms with E-state index in [-0.39, 0.29) is 18.0 Å². The molecule has 0 spiro atoms. The molecule has 0 radical (unpaired) electrons. The number of aryl methyl sites for hydroxylation is 1. The van der Waals surface area contributed by atoms with E-state index in [1.165, 1.54) is 22.2 Å². The van der Waals surface area contributed by atoms with E-state index in [0.717, 1.165) is 50.3 Å². The fourth-order valence-electron chi connectivity index (χ4n) is 3.45. The Bertz CT molecular complexity index is 1050. The molecule has 26 heavy (non-hydrogen) atoms. The normalized spacial score (nSPS) is 14.3. The van der Waals surface area contributed by atoms with Crippen LogP contribution in [-0.2, 0) is 11.3 Å². The van der Waals surface area contributed by atoms with Crippen LogP contribution < -0.4 is 5.56 Å². The highest BCUT2D eigenvalue weighted by atomic mass is 127. The lowest BCUT2D eigenvalue weighted by Crippen LogP contribution is -2.34. The topological polar surface area (TPSA) is 55.2 Å². The Kier molecular flexibility index (Phi) is 4.83.